The number of nitrogens with zero attached hydrogens (tertiary/aromatic N) is 3. The number of ketones is 1. The zero-order valence-electron chi connectivity index (χ0n) is 19.9. The summed E-state index contributed by atoms with van der Waals surface area (Å²) < 4.78 is 5.46. The summed E-state index contributed by atoms with van der Waals surface area (Å²) in [7, 11) is 0. The lowest BCUT2D eigenvalue weighted by Gasteiger charge is -2.17. The van der Waals surface area contributed by atoms with Crippen LogP contribution in [0.4, 0.5) is 5.69 Å². The number of hydrogen-bond acceptors (Lipinski definition) is 5. The Morgan fingerprint density at radius 1 is 0.971 bits per heavy atom. The number of Topliss-reactive ketones (excluding diaryl/α,β-unsaturated/α-hetero) is 1. The maximum atomic E-state index is 13.4. The van der Waals surface area contributed by atoms with Gasteiger partial charge in [-0.1, -0.05) is 30.3 Å². The fourth-order valence-electron chi connectivity index (χ4n) is 4.47. The topological polar surface area (TPSA) is 75.8 Å². The molecule has 0 N–H and O–H groups in total. The van der Waals surface area contributed by atoms with E-state index in [4.69, 9.17) is 4.42 Å². The van der Waals surface area contributed by atoms with E-state index < -0.39 is 5.92 Å². The standard InChI is InChI=1S/C29H25N3O3/c1-18-11-12-23(17-24(18)28-19(2)7-5-13-30-28)32-29(34)27(20(3)31-32)25(33)16-21-8-4-9-22(15-21)26-10-6-14-35-26/h4-15,17,27H,16H2,1-3H3. The van der Waals surface area contributed by atoms with Crippen molar-refractivity contribution in [1.82, 2.24) is 4.98 Å². The van der Waals surface area contributed by atoms with E-state index in [1.165, 1.54) is 5.01 Å². The number of aromatic nitrogens is 1. The van der Waals surface area contributed by atoms with E-state index in [-0.39, 0.29) is 18.1 Å². The molecule has 1 aliphatic rings. The van der Waals surface area contributed by atoms with Gasteiger partial charge in [0.15, 0.2) is 5.78 Å². The highest BCUT2D eigenvalue weighted by Crippen LogP contribution is 2.32. The minimum atomic E-state index is -0.899. The van der Waals surface area contributed by atoms with E-state index >= 15 is 0 Å². The van der Waals surface area contributed by atoms with Crippen molar-refractivity contribution < 1.29 is 14.0 Å². The van der Waals surface area contributed by atoms with Gasteiger partial charge in [0, 0.05) is 23.7 Å². The van der Waals surface area contributed by atoms with Crippen LogP contribution in [0, 0.1) is 19.8 Å². The predicted octanol–water partition coefficient (Wildman–Crippen LogP) is 5.78. The van der Waals surface area contributed by atoms with Gasteiger partial charge in [0.05, 0.1) is 23.4 Å². The van der Waals surface area contributed by atoms with Crippen LogP contribution in [0.15, 0.2) is 88.7 Å². The van der Waals surface area contributed by atoms with E-state index in [1.54, 1.807) is 19.4 Å². The van der Waals surface area contributed by atoms with Crippen LogP contribution in [0.3, 0.4) is 0 Å². The van der Waals surface area contributed by atoms with Gasteiger partial charge in [-0.05, 0) is 73.9 Å². The third kappa shape index (κ3) is 4.30. The van der Waals surface area contributed by atoms with Gasteiger partial charge in [-0.25, -0.2) is 0 Å². The maximum Gasteiger partial charge on any atom is 0.263 e. The number of aryl methyl sites for hydroxylation is 2. The molecule has 0 aliphatic carbocycles. The molecule has 4 aromatic rings. The Bertz CT molecular complexity index is 1450. The monoisotopic (exact) mass is 463 g/mol. The molecule has 0 saturated carbocycles. The molecular formula is C29H25N3O3. The third-order valence-electron chi connectivity index (χ3n) is 6.29. The van der Waals surface area contributed by atoms with Crippen LogP contribution in [0.25, 0.3) is 22.6 Å². The largest absolute Gasteiger partial charge is 0.464 e. The van der Waals surface area contributed by atoms with E-state index in [9.17, 15) is 9.59 Å². The molecule has 0 fully saturated rings. The number of amides is 1. The molecule has 35 heavy (non-hydrogen) atoms. The second-order valence-electron chi connectivity index (χ2n) is 8.81. The molecule has 6 heteroatoms. The minimum absolute atomic E-state index is 0.137. The molecule has 0 bridgehead atoms. The number of furan rings is 1. The van der Waals surface area contributed by atoms with Gasteiger partial charge in [0.2, 0.25) is 0 Å². The second-order valence-corrected chi connectivity index (χ2v) is 8.81. The first-order valence-corrected chi connectivity index (χ1v) is 11.5. The number of pyridine rings is 1. The van der Waals surface area contributed by atoms with Crippen molar-refractivity contribution >= 4 is 23.1 Å². The minimum Gasteiger partial charge on any atom is -0.464 e. The zero-order chi connectivity index (χ0) is 24.5. The highest BCUT2D eigenvalue weighted by atomic mass is 16.3. The molecule has 0 spiro atoms. The Kier molecular flexibility index (Phi) is 5.87. The lowest BCUT2D eigenvalue weighted by Crippen LogP contribution is -2.33. The number of carbonyl (C=O) groups is 2. The van der Waals surface area contributed by atoms with Gasteiger partial charge in [-0.15, -0.1) is 0 Å². The van der Waals surface area contributed by atoms with Crippen molar-refractivity contribution in [2.24, 2.45) is 11.0 Å². The number of carbonyl (C=O) groups excluding carboxylic acids is 2. The van der Waals surface area contributed by atoms with Crippen LogP contribution in [-0.4, -0.2) is 22.4 Å². The lowest BCUT2D eigenvalue weighted by molar-refractivity contribution is -0.128. The number of hydrazone groups is 1. The lowest BCUT2D eigenvalue weighted by atomic mass is 9.93. The van der Waals surface area contributed by atoms with Crippen molar-refractivity contribution in [1.29, 1.82) is 0 Å². The summed E-state index contributed by atoms with van der Waals surface area (Å²) in [5, 5.41) is 5.82. The van der Waals surface area contributed by atoms with E-state index in [2.05, 4.69) is 10.1 Å². The number of hydrogen-bond donors (Lipinski definition) is 0. The predicted molar refractivity (Wildman–Crippen MR) is 136 cm³/mol. The van der Waals surface area contributed by atoms with Crippen LogP contribution >= 0.6 is 0 Å². The third-order valence-corrected chi connectivity index (χ3v) is 6.29. The molecular weight excluding hydrogens is 438 g/mol. The number of rotatable bonds is 6. The Morgan fingerprint density at radius 3 is 2.60 bits per heavy atom. The normalized spacial score (nSPS) is 15.4. The highest BCUT2D eigenvalue weighted by Gasteiger charge is 2.39. The smallest absolute Gasteiger partial charge is 0.263 e. The molecule has 1 atom stereocenters. The van der Waals surface area contributed by atoms with Gasteiger partial charge < -0.3 is 4.42 Å². The highest BCUT2D eigenvalue weighted by molar-refractivity contribution is 6.27. The Balaban J connectivity index is 1.39. The molecule has 3 heterocycles. The molecule has 5 rings (SSSR count). The summed E-state index contributed by atoms with van der Waals surface area (Å²) in [6.45, 7) is 5.75. The van der Waals surface area contributed by atoms with Crippen LogP contribution in [0.5, 0.6) is 0 Å². The van der Waals surface area contributed by atoms with Crippen LogP contribution < -0.4 is 5.01 Å². The van der Waals surface area contributed by atoms with Crippen molar-refractivity contribution in [2.45, 2.75) is 27.2 Å². The molecule has 174 valence electrons. The summed E-state index contributed by atoms with van der Waals surface area (Å²) >= 11 is 0. The first-order valence-electron chi connectivity index (χ1n) is 11.5. The van der Waals surface area contributed by atoms with Gasteiger partial charge >= 0.3 is 0 Å². The van der Waals surface area contributed by atoms with E-state index in [0.29, 0.717) is 11.4 Å². The molecule has 6 nitrogen and oxygen atoms in total. The van der Waals surface area contributed by atoms with Crippen LogP contribution in [-0.2, 0) is 16.0 Å². The first-order chi connectivity index (χ1) is 16.9. The fourth-order valence-corrected chi connectivity index (χ4v) is 4.47. The fraction of sp³-hybridized carbons (Fsp3) is 0.172. The van der Waals surface area contributed by atoms with Crippen molar-refractivity contribution in [2.75, 3.05) is 5.01 Å². The average Bonchev–Trinajstić information content (AvgIpc) is 3.48. The summed E-state index contributed by atoms with van der Waals surface area (Å²) in [5.74, 6) is -0.674. The van der Waals surface area contributed by atoms with Gasteiger partial charge in [-0.3, -0.25) is 14.6 Å². The SMILES string of the molecule is CC1=NN(c2ccc(C)c(-c3ncccc3C)c2)C(=O)C1C(=O)Cc1cccc(-c2ccco2)c1. The Labute approximate surface area is 203 Å². The maximum absolute atomic E-state index is 13.4. The van der Waals surface area contributed by atoms with Gasteiger partial charge in [0.1, 0.15) is 11.7 Å². The average molecular weight is 464 g/mol. The summed E-state index contributed by atoms with van der Waals surface area (Å²) in [6.07, 6.45) is 3.51. The van der Waals surface area contributed by atoms with Crippen molar-refractivity contribution in [3.05, 3.63) is 95.9 Å². The van der Waals surface area contributed by atoms with Crippen molar-refractivity contribution in [3.8, 4) is 22.6 Å². The second kappa shape index (κ2) is 9.14. The van der Waals surface area contributed by atoms with E-state index in [1.807, 2.05) is 80.6 Å². The summed E-state index contributed by atoms with van der Waals surface area (Å²) in [6, 6.07) is 20.9. The van der Waals surface area contributed by atoms with Crippen molar-refractivity contribution in [3.63, 3.8) is 0 Å². The Hall–Kier alpha value is -4.32. The van der Waals surface area contributed by atoms with Gasteiger partial charge in [-0.2, -0.15) is 10.1 Å². The first kappa shape index (κ1) is 22.5. The number of benzene rings is 2. The van der Waals surface area contributed by atoms with Crippen LogP contribution in [0.1, 0.15) is 23.6 Å². The van der Waals surface area contributed by atoms with E-state index in [0.717, 1.165) is 39.3 Å². The molecule has 0 saturated heterocycles. The quantitative estimate of drug-likeness (QED) is 0.340. The molecule has 2 aromatic heterocycles. The zero-order valence-corrected chi connectivity index (χ0v) is 19.9. The molecule has 2 aromatic carbocycles. The molecule has 1 amide bonds. The number of anilines is 1. The van der Waals surface area contributed by atoms with Gasteiger partial charge in [0.25, 0.3) is 5.91 Å². The van der Waals surface area contributed by atoms with Crippen LogP contribution in [0.2, 0.25) is 0 Å². The molecule has 1 aliphatic heterocycles. The summed E-state index contributed by atoms with van der Waals surface area (Å²) in [4.78, 5) is 31.1. The molecule has 1 unspecified atom stereocenters. The summed E-state index contributed by atoms with van der Waals surface area (Å²) in [5.41, 5.74) is 6.73. The Morgan fingerprint density at radius 2 is 1.83 bits per heavy atom. The molecule has 0 radical (unpaired) electrons.